The Morgan fingerprint density at radius 3 is 2.65 bits per heavy atom. The lowest BCUT2D eigenvalue weighted by molar-refractivity contribution is 0.0284. The summed E-state index contributed by atoms with van der Waals surface area (Å²) in [6.45, 7) is 7.30. The van der Waals surface area contributed by atoms with E-state index in [-0.39, 0.29) is 6.09 Å². The van der Waals surface area contributed by atoms with E-state index in [1.165, 1.54) is 32.1 Å². The molecule has 132 valence electrons. The van der Waals surface area contributed by atoms with Crippen molar-refractivity contribution >= 4 is 6.09 Å². The molecule has 2 bridgehead atoms. The molecule has 2 saturated carbocycles. The molecule has 1 aliphatic heterocycles. The normalized spacial score (nSPS) is 34.9. The van der Waals surface area contributed by atoms with Gasteiger partial charge in [-0.3, -0.25) is 11.3 Å². The number of nitrogens with two attached hydrogens (primary N) is 1. The van der Waals surface area contributed by atoms with Crippen LogP contribution in [0.3, 0.4) is 0 Å². The summed E-state index contributed by atoms with van der Waals surface area (Å²) in [7, 11) is 0. The van der Waals surface area contributed by atoms with Crippen LogP contribution in [0.25, 0.3) is 0 Å². The maximum Gasteiger partial charge on any atom is 0.410 e. The number of amides is 1. The Hall–Kier alpha value is -0.810. The van der Waals surface area contributed by atoms with Crippen LogP contribution in [-0.4, -0.2) is 35.7 Å². The van der Waals surface area contributed by atoms with Gasteiger partial charge in [-0.05, 0) is 76.5 Å². The van der Waals surface area contributed by atoms with Gasteiger partial charge in [0.15, 0.2) is 0 Å². The van der Waals surface area contributed by atoms with E-state index in [2.05, 4.69) is 5.43 Å². The Morgan fingerprint density at radius 1 is 1.30 bits per heavy atom. The van der Waals surface area contributed by atoms with Crippen molar-refractivity contribution < 1.29 is 9.53 Å². The third kappa shape index (κ3) is 4.00. The van der Waals surface area contributed by atoms with Gasteiger partial charge in [0.05, 0.1) is 0 Å². The van der Waals surface area contributed by atoms with Crippen molar-refractivity contribution in [3.05, 3.63) is 0 Å². The number of carbonyl (C=O) groups excluding carboxylic acids is 1. The number of fused-ring (bicyclic) bond motifs is 2. The van der Waals surface area contributed by atoms with Gasteiger partial charge in [-0.25, -0.2) is 4.79 Å². The molecule has 1 heterocycles. The maximum atomic E-state index is 12.2. The standard InChI is InChI=1S/C18H33N3O2/c1-18(2,3)23-17(22)21-7-6-14(11-21)16(20-19)10-15-9-12-4-5-13(15)8-12/h12-16,20H,4-11,19H2,1-3H3. The van der Waals surface area contributed by atoms with Gasteiger partial charge in [-0.15, -0.1) is 0 Å². The second-order valence-corrected chi connectivity index (χ2v) is 8.92. The zero-order valence-electron chi connectivity index (χ0n) is 14.9. The zero-order chi connectivity index (χ0) is 16.6. The lowest BCUT2D eigenvalue weighted by Crippen LogP contribution is -2.44. The van der Waals surface area contributed by atoms with Gasteiger partial charge in [0, 0.05) is 19.1 Å². The van der Waals surface area contributed by atoms with Crippen molar-refractivity contribution in [1.29, 1.82) is 0 Å². The van der Waals surface area contributed by atoms with Gasteiger partial charge >= 0.3 is 6.09 Å². The van der Waals surface area contributed by atoms with E-state index in [1.54, 1.807) is 0 Å². The van der Waals surface area contributed by atoms with Crippen molar-refractivity contribution in [3.8, 4) is 0 Å². The quantitative estimate of drug-likeness (QED) is 0.616. The lowest BCUT2D eigenvalue weighted by atomic mass is 9.81. The smallest absolute Gasteiger partial charge is 0.410 e. The van der Waals surface area contributed by atoms with Gasteiger partial charge in [0.1, 0.15) is 5.60 Å². The number of nitrogens with zero attached hydrogens (tertiary/aromatic N) is 1. The molecule has 5 heteroatoms. The molecule has 0 aromatic carbocycles. The minimum atomic E-state index is -0.427. The van der Waals surface area contributed by atoms with Crippen LogP contribution in [0.2, 0.25) is 0 Å². The molecule has 2 aliphatic carbocycles. The molecule has 3 fully saturated rings. The van der Waals surface area contributed by atoms with Crippen molar-refractivity contribution in [2.45, 2.75) is 70.9 Å². The van der Waals surface area contributed by atoms with Crippen molar-refractivity contribution in [1.82, 2.24) is 10.3 Å². The minimum absolute atomic E-state index is 0.185. The predicted molar refractivity (Wildman–Crippen MR) is 90.6 cm³/mol. The van der Waals surface area contributed by atoms with Crippen LogP contribution in [0.15, 0.2) is 0 Å². The number of carbonyl (C=O) groups is 1. The summed E-state index contributed by atoms with van der Waals surface area (Å²) in [4.78, 5) is 14.1. The van der Waals surface area contributed by atoms with E-state index >= 15 is 0 Å². The fourth-order valence-electron chi connectivity index (χ4n) is 5.00. The molecule has 5 atom stereocenters. The minimum Gasteiger partial charge on any atom is -0.444 e. The molecule has 0 aromatic heterocycles. The van der Waals surface area contributed by atoms with Gasteiger partial charge in [0.25, 0.3) is 0 Å². The van der Waals surface area contributed by atoms with Crippen molar-refractivity contribution in [3.63, 3.8) is 0 Å². The summed E-state index contributed by atoms with van der Waals surface area (Å²) in [5.41, 5.74) is 2.63. The summed E-state index contributed by atoms with van der Waals surface area (Å²) in [6.07, 6.45) is 7.70. The van der Waals surface area contributed by atoms with E-state index < -0.39 is 5.60 Å². The molecule has 1 amide bonds. The first-order valence-corrected chi connectivity index (χ1v) is 9.29. The van der Waals surface area contributed by atoms with Gasteiger partial charge in [0.2, 0.25) is 0 Å². The Balaban J connectivity index is 1.51. The van der Waals surface area contributed by atoms with Crippen LogP contribution in [0, 0.1) is 23.7 Å². The van der Waals surface area contributed by atoms with E-state index in [9.17, 15) is 4.79 Å². The number of likely N-dealkylation sites (tertiary alicyclic amines) is 1. The highest BCUT2D eigenvalue weighted by Crippen LogP contribution is 2.50. The van der Waals surface area contributed by atoms with Crippen molar-refractivity contribution in [2.75, 3.05) is 13.1 Å². The lowest BCUT2D eigenvalue weighted by Gasteiger charge is -2.30. The maximum absolute atomic E-state index is 12.2. The summed E-state index contributed by atoms with van der Waals surface area (Å²) in [5, 5.41) is 0. The summed E-state index contributed by atoms with van der Waals surface area (Å²) in [5.74, 6) is 9.06. The highest BCUT2D eigenvalue weighted by Gasteiger charge is 2.42. The molecular weight excluding hydrogens is 290 g/mol. The summed E-state index contributed by atoms with van der Waals surface area (Å²) in [6, 6.07) is 0.326. The van der Waals surface area contributed by atoms with Gasteiger partial charge in [-0.2, -0.15) is 0 Å². The second kappa shape index (κ2) is 6.60. The number of nitrogens with one attached hydrogen (secondary N) is 1. The predicted octanol–water partition coefficient (Wildman–Crippen LogP) is 2.90. The largest absolute Gasteiger partial charge is 0.444 e. The first-order valence-electron chi connectivity index (χ1n) is 9.29. The Bertz CT molecular complexity index is 434. The fourth-order valence-corrected chi connectivity index (χ4v) is 5.00. The SMILES string of the molecule is CC(C)(C)OC(=O)N1CCC(C(CC2CC3CCC2C3)NN)C1. The Kier molecular flexibility index (Phi) is 4.88. The molecule has 5 unspecified atom stereocenters. The Labute approximate surface area is 140 Å². The Morgan fingerprint density at radius 2 is 2.09 bits per heavy atom. The van der Waals surface area contributed by atoms with Crippen molar-refractivity contribution in [2.24, 2.45) is 29.5 Å². The van der Waals surface area contributed by atoms with Crippen LogP contribution in [0.5, 0.6) is 0 Å². The van der Waals surface area contributed by atoms with Crippen LogP contribution in [0.1, 0.15) is 59.3 Å². The molecule has 3 N–H and O–H groups in total. The van der Waals surface area contributed by atoms with E-state index in [0.29, 0.717) is 12.0 Å². The number of hydrogen-bond donors (Lipinski definition) is 2. The van der Waals surface area contributed by atoms with Crippen LogP contribution in [-0.2, 0) is 4.74 Å². The molecular formula is C18H33N3O2. The average Bonchev–Trinajstić information content (AvgIpc) is 3.18. The first kappa shape index (κ1) is 17.0. The topological polar surface area (TPSA) is 67.6 Å². The molecule has 1 saturated heterocycles. The molecule has 3 aliphatic rings. The number of hydrogen-bond acceptors (Lipinski definition) is 4. The van der Waals surface area contributed by atoms with E-state index in [1.807, 2.05) is 25.7 Å². The van der Waals surface area contributed by atoms with Crippen LogP contribution < -0.4 is 11.3 Å². The average molecular weight is 323 g/mol. The van der Waals surface area contributed by atoms with Crippen LogP contribution in [0.4, 0.5) is 4.79 Å². The second-order valence-electron chi connectivity index (χ2n) is 8.92. The molecule has 3 rings (SSSR count). The molecule has 0 aromatic rings. The fraction of sp³-hybridized carbons (Fsp3) is 0.944. The molecule has 0 spiro atoms. The number of rotatable bonds is 4. The summed E-state index contributed by atoms with van der Waals surface area (Å²) >= 11 is 0. The third-order valence-electron chi connectivity index (χ3n) is 6.10. The van der Waals surface area contributed by atoms with Gasteiger partial charge < -0.3 is 9.64 Å². The number of ether oxygens (including phenoxy) is 1. The molecule has 23 heavy (non-hydrogen) atoms. The van der Waals surface area contributed by atoms with Crippen LogP contribution >= 0.6 is 0 Å². The highest BCUT2D eigenvalue weighted by atomic mass is 16.6. The zero-order valence-corrected chi connectivity index (χ0v) is 14.9. The monoisotopic (exact) mass is 323 g/mol. The van der Waals surface area contributed by atoms with E-state index in [4.69, 9.17) is 10.6 Å². The summed E-state index contributed by atoms with van der Waals surface area (Å²) < 4.78 is 5.49. The first-order chi connectivity index (χ1) is 10.9. The highest BCUT2D eigenvalue weighted by molar-refractivity contribution is 5.68. The third-order valence-corrected chi connectivity index (χ3v) is 6.10. The van der Waals surface area contributed by atoms with Gasteiger partial charge in [-0.1, -0.05) is 6.42 Å². The molecule has 5 nitrogen and oxygen atoms in total. The van der Waals surface area contributed by atoms with E-state index in [0.717, 1.165) is 37.3 Å². The molecule has 0 radical (unpaired) electrons. The number of hydrazine groups is 1.